The van der Waals surface area contributed by atoms with Crippen LogP contribution in [0.1, 0.15) is 34.5 Å². The molecule has 1 unspecified atom stereocenters. The summed E-state index contributed by atoms with van der Waals surface area (Å²) in [7, 11) is 0. The molecular formula is C18H17Cl2NO4. The highest BCUT2D eigenvalue weighted by molar-refractivity contribution is 6.31. The lowest BCUT2D eigenvalue weighted by molar-refractivity contribution is -0.119. The van der Waals surface area contributed by atoms with E-state index >= 15 is 0 Å². The molecule has 25 heavy (non-hydrogen) atoms. The van der Waals surface area contributed by atoms with Crippen LogP contribution in [-0.2, 0) is 9.53 Å². The molecule has 132 valence electrons. The van der Waals surface area contributed by atoms with Gasteiger partial charge in [-0.3, -0.25) is 4.79 Å². The largest absolute Gasteiger partial charge is 0.478 e. The molecule has 2 aromatic carbocycles. The lowest BCUT2D eigenvalue weighted by Crippen LogP contribution is -2.25. The third-order valence-corrected chi connectivity index (χ3v) is 3.84. The molecular weight excluding hydrogens is 365 g/mol. The summed E-state index contributed by atoms with van der Waals surface area (Å²) in [4.78, 5) is 22.3. The first-order valence-electron chi connectivity index (χ1n) is 7.52. The van der Waals surface area contributed by atoms with Gasteiger partial charge in [0, 0.05) is 23.5 Å². The van der Waals surface area contributed by atoms with E-state index in [2.05, 4.69) is 5.32 Å². The lowest BCUT2D eigenvalue weighted by atomic mass is 9.99. The van der Waals surface area contributed by atoms with Crippen LogP contribution in [0.4, 0.5) is 0 Å². The average molecular weight is 382 g/mol. The molecule has 0 saturated heterocycles. The zero-order valence-corrected chi connectivity index (χ0v) is 15.0. The summed E-state index contributed by atoms with van der Waals surface area (Å²) in [5.41, 5.74) is 1.42. The second-order valence-corrected chi connectivity index (χ2v) is 6.24. The van der Waals surface area contributed by atoms with E-state index in [9.17, 15) is 14.7 Å². The van der Waals surface area contributed by atoms with Crippen molar-refractivity contribution in [3.63, 3.8) is 0 Å². The summed E-state index contributed by atoms with van der Waals surface area (Å²) in [5.74, 6) is -1.23. The first-order valence-corrected chi connectivity index (χ1v) is 8.27. The Hall–Kier alpha value is -2.08. The number of amides is 1. The number of benzene rings is 2. The Morgan fingerprint density at radius 2 is 1.84 bits per heavy atom. The van der Waals surface area contributed by atoms with E-state index < -0.39 is 12.1 Å². The maximum absolute atomic E-state index is 11.3. The van der Waals surface area contributed by atoms with Crippen LogP contribution >= 0.6 is 23.2 Å². The van der Waals surface area contributed by atoms with Gasteiger partial charge in [0.15, 0.2) is 0 Å². The highest BCUT2D eigenvalue weighted by Crippen LogP contribution is 2.30. The van der Waals surface area contributed by atoms with Gasteiger partial charge >= 0.3 is 5.97 Å². The van der Waals surface area contributed by atoms with Crippen molar-refractivity contribution in [2.24, 2.45) is 0 Å². The molecule has 1 amide bonds. The maximum atomic E-state index is 11.3. The molecule has 2 aromatic rings. The van der Waals surface area contributed by atoms with Crippen molar-refractivity contribution in [1.29, 1.82) is 0 Å². The van der Waals surface area contributed by atoms with Gasteiger partial charge in [-0.2, -0.15) is 0 Å². The Bertz CT molecular complexity index is 779. The quantitative estimate of drug-likeness (QED) is 0.712. The zero-order valence-electron chi connectivity index (χ0n) is 13.5. The third kappa shape index (κ3) is 5.74. The van der Waals surface area contributed by atoms with Crippen molar-refractivity contribution >= 4 is 35.1 Å². The fourth-order valence-electron chi connectivity index (χ4n) is 2.35. The van der Waals surface area contributed by atoms with Gasteiger partial charge in [-0.05, 0) is 41.5 Å². The minimum absolute atomic E-state index is 0.0694. The van der Waals surface area contributed by atoms with Crippen LogP contribution in [0.2, 0.25) is 10.0 Å². The van der Waals surface area contributed by atoms with Gasteiger partial charge in [-0.15, -0.1) is 0 Å². The normalized spacial score (nSPS) is 11.8. The minimum atomic E-state index is -1.08. The molecule has 2 rings (SSSR count). The Morgan fingerprint density at radius 3 is 2.48 bits per heavy atom. The Labute approximate surface area is 155 Å². The SMILES string of the molecule is CC(=O)NCCOC(c1cccc(Cl)c1)c1cc(Cl)cc(C(=O)O)c1. The fourth-order valence-corrected chi connectivity index (χ4v) is 2.79. The van der Waals surface area contributed by atoms with Crippen molar-refractivity contribution in [1.82, 2.24) is 5.32 Å². The molecule has 0 radical (unpaired) electrons. The zero-order chi connectivity index (χ0) is 18.4. The third-order valence-electron chi connectivity index (χ3n) is 3.38. The van der Waals surface area contributed by atoms with Gasteiger partial charge in [-0.1, -0.05) is 35.3 Å². The molecule has 0 aliphatic rings. The molecule has 0 heterocycles. The standard InChI is InChI=1S/C18H17Cl2NO4/c1-11(22)21-5-6-25-17(12-3-2-4-15(19)8-12)13-7-14(18(23)24)10-16(20)9-13/h2-4,7-10,17H,5-6H2,1H3,(H,21,22)(H,23,24). The number of hydrogen-bond acceptors (Lipinski definition) is 3. The lowest BCUT2D eigenvalue weighted by Gasteiger charge is -2.20. The first kappa shape index (κ1) is 19.2. The van der Waals surface area contributed by atoms with E-state index in [1.807, 2.05) is 6.07 Å². The van der Waals surface area contributed by atoms with Crippen molar-refractivity contribution in [2.45, 2.75) is 13.0 Å². The topological polar surface area (TPSA) is 75.6 Å². The molecule has 0 fully saturated rings. The van der Waals surface area contributed by atoms with E-state index in [4.69, 9.17) is 27.9 Å². The molecule has 0 aliphatic carbocycles. The molecule has 7 heteroatoms. The smallest absolute Gasteiger partial charge is 0.335 e. The number of rotatable bonds is 7. The van der Waals surface area contributed by atoms with Gasteiger partial charge in [0.2, 0.25) is 5.91 Å². The van der Waals surface area contributed by atoms with Crippen LogP contribution in [0, 0.1) is 0 Å². The van der Waals surface area contributed by atoms with Crippen molar-refractivity contribution in [2.75, 3.05) is 13.2 Å². The monoisotopic (exact) mass is 381 g/mol. The molecule has 0 spiro atoms. The summed E-state index contributed by atoms with van der Waals surface area (Å²) in [6, 6.07) is 11.6. The molecule has 1 atom stereocenters. The van der Waals surface area contributed by atoms with E-state index in [-0.39, 0.29) is 18.1 Å². The average Bonchev–Trinajstić information content (AvgIpc) is 2.53. The van der Waals surface area contributed by atoms with Gasteiger partial charge in [-0.25, -0.2) is 4.79 Å². The number of halogens is 2. The number of hydrogen-bond donors (Lipinski definition) is 2. The summed E-state index contributed by atoms with van der Waals surface area (Å²) < 4.78 is 5.88. The van der Waals surface area contributed by atoms with Gasteiger partial charge in [0.05, 0.1) is 12.2 Å². The van der Waals surface area contributed by atoms with Crippen LogP contribution in [-0.4, -0.2) is 30.1 Å². The number of carbonyl (C=O) groups is 2. The minimum Gasteiger partial charge on any atom is -0.478 e. The summed E-state index contributed by atoms with van der Waals surface area (Å²) in [6.45, 7) is 2.00. The Balaban J connectivity index is 2.33. The predicted octanol–water partition coefficient (Wildman–Crippen LogP) is 3.93. The number of ether oxygens (including phenoxy) is 1. The molecule has 2 N–H and O–H groups in total. The second-order valence-electron chi connectivity index (χ2n) is 5.37. The highest BCUT2D eigenvalue weighted by Gasteiger charge is 2.18. The van der Waals surface area contributed by atoms with Crippen LogP contribution in [0.25, 0.3) is 0 Å². The van der Waals surface area contributed by atoms with E-state index in [1.165, 1.54) is 19.1 Å². The molecule has 0 aromatic heterocycles. The number of aromatic carboxylic acids is 1. The Kier molecular flexibility index (Phi) is 6.82. The maximum Gasteiger partial charge on any atom is 0.335 e. The van der Waals surface area contributed by atoms with Crippen LogP contribution < -0.4 is 5.32 Å². The number of carbonyl (C=O) groups excluding carboxylic acids is 1. The predicted molar refractivity (Wildman–Crippen MR) is 96.3 cm³/mol. The molecule has 5 nitrogen and oxygen atoms in total. The van der Waals surface area contributed by atoms with E-state index in [0.717, 1.165) is 5.56 Å². The first-order chi connectivity index (χ1) is 11.9. The summed E-state index contributed by atoms with van der Waals surface area (Å²) >= 11 is 12.1. The van der Waals surface area contributed by atoms with E-state index in [1.54, 1.807) is 24.3 Å². The molecule has 0 saturated carbocycles. The fraction of sp³-hybridized carbons (Fsp3) is 0.222. The van der Waals surface area contributed by atoms with Gasteiger partial charge in [0.25, 0.3) is 0 Å². The number of carboxylic acid groups (broad SMARTS) is 1. The number of nitrogens with one attached hydrogen (secondary N) is 1. The van der Waals surface area contributed by atoms with Gasteiger partial charge < -0.3 is 15.2 Å². The molecule has 0 aliphatic heterocycles. The highest BCUT2D eigenvalue weighted by atomic mass is 35.5. The van der Waals surface area contributed by atoms with Crippen molar-refractivity contribution < 1.29 is 19.4 Å². The van der Waals surface area contributed by atoms with Crippen molar-refractivity contribution in [3.05, 3.63) is 69.2 Å². The van der Waals surface area contributed by atoms with Gasteiger partial charge in [0.1, 0.15) is 6.10 Å². The molecule has 0 bridgehead atoms. The van der Waals surface area contributed by atoms with Crippen LogP contribution in [0.5, 0.6) is 0 Å². The Morgan fingerprint density at radius 1 is 1.12 bits per heavy atom. The van der Waals surface area contributed by atoms with Crippen LogP contribution in [0.3, 0.4) is 0 Å². The van der Waals surface area contributed by atoms with Crippen molar-refractivity contribution in [3.8, 4) is 0 Å². The summed E-state index contributed by atoms with van der Waals surface area (Å²) in [6.07, 6.45) is -0.566. The number of carboxylic acids is 1. The second kappa shape index (κ2) is 8.85. The van der Waals surface area contributed by atoms with Crippen LogP contribution in [0.15, 0.2) is 42.5 Å². The van der Waals surface area contributed by atoms with E-state index in [0.29, 0.717) is 22.2 Å². The summed E-state index contributed by atoms with van der Waals surface area (Å²) in [5, 5.41) is 12.7.